The molecule has 2 aromatic heterocycles. The van der Waals surface area contributed by atoms with Crippen molar-refractivity contribution in [2.24, 2.45) is 0 Å². The van der Waals surface area contributed by atoms with E-state index in [2.05, 4.69) is 26.7 Å². The highest BCUT2D eigenvalue weighted by Gasteiger charge is 2.17. The predicted molar refractivity (Wildman–Crippen MR) is 89.1 cm³/mol. The predicted octanol–water partition coefficient (Wildman–Crippen LogP) is 3.52. The Morgan fingerprint density at radius 1 is 1.05 bits per heavy atom. The number of morpholine rings is 1. The molecule has 5 heteroatoms. The van der Waals surface area contributed by atoms with Gasteiger partial charge < -0.3 is 14.2 Å². The molecule has 0 N–H and O–H groups in total. The standard InChI is InChI=1S/C17H16ClN3O/c18-13-1-3-14(4-2-13)21-12-17(20-7-9-22-10-8-20)15-5-6-19-11-16(15)21/h1-6,11-12H,7-10H2. The molecule has 4 nitrogen and oxygen atoms in total. The van der Waals surface area contributed by atoms with E-state index >= 15 is 0 Å². The van der Waals surface area contributed by atoms with E-state index in [9.17, 15) is 0 Å². The van der Waals surface area contributed by atoms with Crippen LogP contribution < -0.4 is 4.90 Å². The van der Waals surface area contributed by atoms with Gasteiger partial charge in [-0.25, -0.2) is 0 Å². The fraction of sp³-hybridized carbons (Fsp3) is 0.235. The van der Waals surface area contributed by atoms with Crippen LogP contribution in [0, 0.1) is 0 Å². The van der Waals surface area contributed by atoms with Gasteiger partial charge in [0.2, 0.25) is 0 Å². The van der Waals surface area contributed by atoms with Crippen molar-refractivity contribution in [2.75, 3.05) is 31.2 Å². The number of rotatable bonds is 2. The third-order valence-corrected chi connectivity index (χ3v) is 4.30. The van der Waals surface area contributed by atoms with Crippen LogP contribution in [0.1, 0.15) is 0 Å². The maximum Gasteiger partial charge on any atom is 0.0734 e. The van der Waals surface area contributed by atoms with Crippen molar-refractivity contribution >= 4 is 28.2 Å². The average molecular weight is 314 g/mol. The molecule has 1 fully saturated rings. The van der Waals surface area contributed by atoms with Crippen molar-refractivity contribution < 1.29 is 4.74 Å². The molecular formula is C17H16ClN3O. The highest BCUT2D eigenvalue weighted by atomic mass is 35.5. The van der Waals surface area contributed by atoms with Crippen LogP contribution in [-0.4, -0.2) is 35.9 Å². The molecule has 1 aromatic carbocycles. The van der Waals surface area contributed by atoms with E-state index in [0.717, 1.165) is 42.5 Å². The number of halogens is 1. The molecule has 3 heterocycles. The van der Waals surface area contributed by atoms with Crippen molar-refractivity contribution in [2.45, 2.75) is 0 Å². The van der Waals surface area contributed by atoms with Gasteiger partial charge in [-0.2, -0.15) is 0 Å². The Balaban J connectivity index is 1.86. The zero-order chi connectivity index (χ0) is 14.9. The fourth-order valence-corrected chi connectivity index (χ4v) is 3.05. The number of pyridine rings is 1. The minimum absolute atomic E-state index is 0.742. The van der Waals surface area contributed by atoms with Gasteiger partial charge in [-0.1, -0.05) is 11.6 Å². The van der Waals surface area contributed by atoms with Crippen molar-refractivity contribution in [3.05, 3.63) is 53.9 Å². The Hall–Kier alpha value is -2.04. The summed E-state index contributed by atoms with van der Waals surface area (Å²) in [5.74, 6) is 0. The topological polar surface area (TPSA) is 30.3 Å². The number of ether oxygens (including phenoxy) is 1. The van der Waals surface area contributed by atoms with E-state index in [-0.39, 0.29) is 0 Å². The minimum atomic E-state index is 0.742. The first-order chi connectivity index (χ1) is 10.8. The Kier molecular flexibility index (Phi) is 3.48. The lowest BCUT2D eigenvalue weighted by Gasteiger charge is -2.28. The third kappa shape index (κ3) is 2.34. The molecule has 112 valence electrons. The minimum Gasteiger partial charge on any atom is -0.378 e. The van der Waals surface area contributed by atoms with Gasteiger partial charge in [-0.05, 0) is 30.3 Å². The number of hydrogen-bond donors (Lipinski definition) is 0. The molecule has 0 aliphatic carbocycles. The van der Waals surface area contributed by atoms with Crippen LogP contribution >= 0.6 is 11.6 Å². The second-order valence-electron chi connectivity index (χ2n) is 5.35. The maximum absolute atomic E-state index is 6.00. The smallest absolute Gasteiger partial charge is 0.0734 e. The summed E-state index contributed by atoms with van der Waals surface area (Å²) in [6, 6.07) is 9.95. The zero-order valence-electron chi connectivity index (χ0n) is 12.1. The number of aromatic nitrogens is 2. The van der Waals surface area contributed by atoms with E-state index in [0.29, 0.717) is 0 Å². The molecule has 3 aromatic rings. The molecule has 1 aliphatic rings. The number of fused-ring (bicyclic) bond motifs is 1. The zero-order valence-corrected chi connectivity index (χ0v) is 12.8. The number of nitrogens with zero attached hydrogens (tertiary/aromatic N) is 3. The van der Waals surface area contributed by atoms with Gasteiger partial charge in [0.25, 0.3) is 0 Å². The van der Waals surface area contributed by atoms with Crippen LogP contribution in [0.2, 0.25) is 5.02 Å². The van der Waals surface area contributed by atoms with Crippen molar-refractivity contribution in [1.82, 2.24) is 9.55 Å². The first-order valence-corrected chi connectivity index (χ1v) is 7.74. The number of benzene rings is 1. The normalized spacial score (nSPS) is 15.4. The Labute approximate surface area is 133 Å². The average Bonchev–Trinajstić information content (AvgIpc) is 2.96. The van der Waals surface area contributed by atoms with E-state index < -0.39 is 0 Å². The lowest BCUT2D eigenvalue weighted by molar-refractivity contribution is 0.123. The van der Waals surface area contributed by atoms with Crippen LogP contribution in [-0.2, 0) is 4.74 Å². The van der Waals surface area contributed by atoms with Crippen LogP contribution in [0.25, 0.3) is 16.6 Å². The van der Waals surface area contributed by atoms with Gasteiger partial charge in [0, 0.05) is 41.6 Å². The van der Waals surface area contributed by atoms with Crippen molar-refractivity contribution in [3.8, 4) is 5.69 Å². The van der Waals surface area contributed by atoms with Gasteiger partial charge in [-0.3, -0.25) is 4.98 Å². The summed E-state index contributed by atoms with van der Waals surface area (Å²) in [6.07, 6.45) is 5.94. The molecule has 0 bridgehead atoms. The Morgan fingerprint density at radius 3 is 2.59 bits per heavy atom. The van der Waals surface area contributed by atoms with E-state index in [1.807, 2.05) is 36.7 Å². The summed E-state index contributed by atoms with van der Waals surface area (Å²) in [5.41, 5.74) is 3.42. The van der Waals surface area contributed by atoms with E-state index in [4.69, 9.17) is 16.3 Å². The van der Waals surface area contributed by atoms with Crippen molar-refractivity contribution in [1.29, 1.82) is 0 Å². The summed E-state index contributed by atoms with van der Waals surface area (Å²) < 4.78 is 7.63. The van der Waals surface area contributed by atoms with Crippen LogP contribution in [0.15, 0.2) is 48.9 Å². The molecule has 4 rings (SSSR count). The Morgan fingerprint density at radius 2 is 1.82 bits per heavy atom. The summed E-state index contributed by atoms with van der Waals surface area (Å²) in [4.78, 5) is 6.66. The third-order valence-electron chi connectivity index (χ3n) is 4.04. The van der Waals surface area contributed by atoms with E-state index in [1.54, 1.807) is 0 Å². The molecule has 0 saturated carbocycles. The Bertz CT molecular complexity index is 791. The molecular weight excluding hydrogens is 298 g/mol. The molecule has 0 unspecified atom stereocenters. The summed E-state index contributed by atoms with van der Waals surface area (Å²) in [7, 11) is 0. The number of hydrogen-bond acceptors (Lipinski definition) is 3. The monoisotopic (exact) mass is 313 g/mol. The van der Waals surface area contributed by atoms with Gasteiger partial charge in [0.15, 0.2) is 0 Å². The molecule has 1 saturated heterocycles. The fourth-order valence-electron chi connectivity index (χ4n) is 2.93. The molecule has 1 aliphatic heterocycles. The first kappa shape index (κ1) is 13.6. The second kappa shape index (κ2) is 5.63. The van der Waals surface area contributed by atoms with Crippen LogP contribution in [0.5, 0.6) is 0 Å². The largest absolute Gasteiger partial charge is 0.378 e. The first-order valence-electron chi connectivity index (χ1n) is 7.36. The summed E-state index contributed by atoms with van der Waals surface area (Å²) >= 11 is 6.00. The van der Waals surface area contributed by atoms with Crippen LogP contribution in [0.4, 0.5) is 5.69 Å². The summed E-state index contributed by atoms with van der Waals surface area (Å²) in [6.45, 7) is 3.39. The van der Waals surface area contributed by atoms with Gasteiger partial charge in [0.1, 0.15) is 0 Å². The van der Waals surface area contributed by atoms with Crippen LogP contribution in [0.3, 0.4) is 0 Å². The SMILES string of the molecule is Clc1ccc(-n2cc(N3CCOCC3)c3ccncc32)cc1. The maximum atomic E-state index is 6.00. The molecule has 0 radical (unpaired) electrons. The number of anilines is 1. The molecule has 0 spiro atoms. The lowest BCUT2D eigenvalue weighted by Crippen LogP contribution is -2.36. The van der Waals surface area contributed by atoms with E-state index in [1.165, 1.54) is 11.1 Å². The van der Waals surface area contributed by atoms with Crippen molar-refractivity contribution in [3.63, 3.8) is 0 Å². The lowest BCUT2D eigenvalue weighted by atomic mass is 10.2. The molecule has 0 atom stereocenters. The van der Waals surface area contributed by atoms with Gasteiger partial charge >= 0.3 is 0 Å². The summed E-state index contributed by atoms with van der Waals surface area (Å²) in [5, 5.41) is 1.96. The van der Waals surface area contributed by atoms with Gasteiger partial charge in [-0.15, -0.1) is 0 Å². The molecule has 0 amide bonds. The highest BCUT2D eigenvalue weighted by Crippen LogP contribution is 2.31. The van der Waals surface area contributed by atoms with Gasteiger partial charge in [0.05, 0.1) is 30.6 Å². The highest BCUT2D eigenvalue weighted by molar-refractivity contribution is 6.30. The quantitative estimate of drug-likeness (QED) is 0.725. The second-order valence-corrected chi connectivity index (χ2v) is 5.79. The molecule has 22 heavy (non-hydrogen) atoms.